The highest BCUT2D eigenvalue weighted by atomic mass is 32.2. The van der Waals surface area contributed by atoms with Gasteiger partial charge in [0, 0.05) is 0 Å². The Morgan fingerprint density at radius 3 is 2.71 bits per heavy atom. The SMILES string of the molecule is CCCCC(NCC1CCS(=O)(=O)C1)C(=O)O. The van der Waals surface area contributed by atoms with Crippen molar-refractivity contribution in [1.82, 2.24) is 5.32 Å². The van der Waals surface area contributed by atoms with Crippen LogP contribution in [0.25, 0.3) is 0 Å². The van der Waals surface area contributed by atoms with Crippen LogP contribution in [-0.4, -0.2) is 43.6 Å². The lowest BCUT2D eigenvalue weighted by molar-refractivity contribution is -0.139. The maximum Gasteiger partial charge on any atom is 0.320 e. The van der Waals surface area contributed by atoms with Crippen molar-refractivity contribution in [2.45, 2.75) is 38.6 Å². The lowest BCUT2D eigenvalue weighted by atomic mass is 10.1. The van der Waals surface area contributed by atoms with Gasteiger partial charge in [0.25, 0.3) is 0 Å². The second-order valence-corrected chi connectivity index (χ2v) is 6.94. The molecule has 1 aliphatic heterocycles. The van der Waals surface area contributed by atoms with Crippen LogP contribution in [0.4, 0.5) is 0 Å². The van der Waals surface area contributed by atoms with Gasteiger partial charge in [0.15, 0.2) is 9.84 Å². The second kappa shape index (κ2) is 6.35. The maximum absolute atomic E-state index is 11.2. The van der Waals surface area contributed by atoms with E-state index in [0.29, 0.717) is 19.4 Å². The fourth-order valence-corrected chi connectivity index (χ4v) is 3.92. The molecule has 0 radical (unpaired) electrons. The summed E-state index contributed by atoms with van der Waals surface area (Å²) in [5.74, 6) is -0.339. The third kappa shape index (κ3) is 5.04. The van der Waals surface area contributed by atoms with Crippen LogP contribution in [0.3, 0.4) is 0 Å². The van der Waals surface area contributed by atoms with Gasteiger partial charge in [-0.25, -0.2) is 8.42 Å². The van der Waals surface area contributed by atoms with Gasteiger partial charge in [-0.05, 0) is 25.3 Å². The molecule has 2 atom stereocenters. The maximum atomic E-state index is 11.2. The van der Waals surface area contributed by atoms with Crippen LogP contribution in [0.1, 0.15) is 32.6 Å². The molecular formula is C11H21NO4S. The van der Waals surface area contributed by atoms with Gasteiger partial charge in [-0.2, -0.15) is 0 Å². The number of hydrogen-bond donors (Lipinski definition) is 2. The molecule has 5 nitrogen and oxygen atoms in total. The molecular weight excluding hydrogens is 242 g/mol. The lowest BCUT2D eigenvalue weighted by Gasteiger charge is -2.16. The minimum atomic E-state index is -2.87. The van der Waals surface area contributed by atoms with E-state index in [2.05, 4.69) is 5.32 Å². The number of carbonyl (C=O) groups is 1. The molecule has 0 amide bonds. The van der Waals surface area contributed by atoms with Crippen LogP contribution < -0.4 is 5.32 Å². The summed E-state index contributed by atoms with van der Waals surface area (Å²) in [5, 5.41) is 12.0. The molecule has 1 heterocycles. The van der Waals surface area contributed by atoms with Crippen LogP contribution in [0, 0.1) is 5.92 Å². The van der Waals surface area contributed by atoms with Crippen molar-refractivity contribution in [1.29, 1.82) is 0 Å². The summed E-state index contributed by atoms with van der Waals surface area (Å²) in [6.45, 7) is 2.50. The van der Waals surface area contributed by atoms with Crippen LogP contribution in [0.15, 0.2) is 0 Å². The number of aliphatic carboxylic acids is 1. The molecule has 1 saturated heterocycles. The first kappa shape index (κ1) is 14.4. The summed E-state index contributed by atoms with van der Waals surface area (Å²) in [6.07, 6.45) is 3.08. The highest BCUT2D eigenvalue weighted by Gasteiger charge is 2.28. The number of unbranched alkanes of at least 4 members (excludes halogenated alkanes) is 1. The molecule has 1 rings (SSSR count). The molecule has 100 valence electrons. The first-order chi connectivity index (χ1) is 7.94. The van der Waals surface area contributed by atoms with Gasteiger partial charge >= 0.3 is 5.97 Å². The third-order valence-electron chi connectivity index (χ3n) is 3.12. The summed E-state index contributed by atoms with van der Waals surface area (Å²) in [7, 11) is -2.87. The molecule has 1 fully saturated rings. The zero-order chi connectivity index (χ0) is 12.9. The summed E-state index contributed by atoms with van der Waals surface area (Å²) in [6, 6.07) is -0.543. The van der Waals surface area contributed by atoms with Gasteiger partial charge in [-0.1, -0.05) is 19.8 Å². The minimum Gasteiger partial charge on any atom is -0.480 e. The number of nitrogens with one attached hydrogen (secondary N) is 1. The molecule has 0 aromatic carbocycles. The molecule has 1 aliphatic rings. The number of rotatable bonds is 7. The molecule has 6 heteroatoms. The Morgan fingerprint density at radius 2 is 2.24 bits per heavy atom. The van der Waals surface area contributed by atoms with Crippen molar-refractivity contribution in [2.75, 3.05) is 18.1 Å². The van der Waals surface area contributed by atoms with E-state index in [1.54, 1.807) is 0 Å². The number of carboxylic acids is 1. The van der Waals surface area contributed by atoms with Gasteiger partial charge in [0.2, 0.25) is 0 Å². The van der Waals surface area contributed by atoms with Crippen molar-refractivity contribution < 1.29 is 18.3 Å². The first-order valence-corrected chi connectivity index (χ1v) is 7.93. The molecule has 0 saturated carbocycles. The van der Waals surface area contributed by atoms with Crippen LogP contribution in [0.2, 0.25) is 0 Å². The fraction of sp³-hybridized carbons (Fsp3) is 0.909. The van der Waals surface area contributed by atoms with E-state index in [1.807, 2.05) is 6.92 Å². The van der Waals surface area contributed by atoms with Gasteiger partial charge < -0.3 is 10.4 Å². The van der Waals surface area contributed by atoms with Crippen molar-refractivity contribution >= 4 is 15.8 Å². The molecule has 17 heavy (non-hydrogen) atoms. The average molecular weight is 263 g/mol. The third-order valence-corrected chi connectivity index (χ3v) is 4.96. The summed E-state index contributed by atoms with van der Waals surface area (Å²) < 4.78 is 22.5. The Morgan fingerprint density at radius 1 is 1.53 bits per heavy atom. The summed E-state index contributed by atoms with van der Waals surface area (Å²) >= 11 is 0. The topological polar surface area (TPSA) is 83.5 Å². The zero-order valence-electron chi connectivity index (χ0n) is 10.2. The molecule has 0 bridgehead atoms. The van der Waals surface area contributed by atoms with Crippen molar-refractivity contribution in [2.24, 2.45) is 5.92 Å². The molecule has 0 aliphatic carbocycles. The second-order valence-electron chi connectivity index (χ2n) is 4.71. The highest BCUT2D eigenvalue weighted by Crippen LogP contribution is 2.17. The van der Waals surface area contributed by atoms with E-state index >= 15 is 0 Å². The quantitative estimate of drug-likeness (QED) is 0.705. The first-order valence-electron chi connectivity index (χ1n) is 6.11. The summed E-state index contributed by atoms with van der Waals surface area (Å²) in [5.41, 5.74) is 0. The Hall–Kier alpha value is -0.620. The van der Waals surface area contributed by atoms with Crippen LogP contribution in [0.5, 0.6) is 0 Å². The van der Waals surface area contributed by atoms with Crippen molar-refractivity contribution in [3.05, 3.63) is 0 Å². The number of hydrogen-bond acceptors (Lipinski definition) is 4. The largest absolute Gasteiger partial charge is 0.480 e. The van der Waals surface area contributed by atoms with Gasteiger partial charge in [0.1, 0.15) is 6.04 Å². The molecule has 0 aromatic rings. The molecule has 2 unspecified atom stereocenters. The zero-order valence-corrected chi connectivity index (χ0v) is 11.0. The molecule has 0 spiro atoms. The van der Waals surface area contributed by atoms with Crippen LogP contribution >= 0.6 is 0 Å². The molecule has 2 N–H and O–H groups in total. The minimum absolute atomic E-state index is 0.0727. The van der Waals surface area contributed by atoms with Gasteiger partial charge in [-0.3, -0.25) is 4.79 Å². The van der Waals surface area contributed by atoms with Crippen molar-refractivity contribution in [3.8, 4) is 0 Å². The lowest BCUT2D eigenvalue weighted by Crippen LogP contribution is -2.39. The highest BCUT2D eigenvalue weighted by molar-refractivity contribution is 7.91. The normalized spacial score (nSPS) is 24.6. The summed E-state index contributed by atoms with van der Waals surface area (Å²) in [4.78, 5) is 11.0. The van der Waals surface area contributed by atoms with Gasteiger partial charge in [-0.15, -0.1) is 0 Å². The van der Waals surface area contributed by atoms with Crippen LogP contribution in [-0.2, 0) is 14.6 Å². The predicted molar refractivity (Wildman–Crippen MR) is 65.7 cm³/mol. The number of carboxylic acid groups (broad SMARTS) is 1. The van der Waals surface area contributed by atoms with Gasteiger partial charge in [0.05, 0.1) is 11.5 Å². The van der Waals surface area contributed by atoms with E-state index in [-0.39, 0.29) is 17.4 Å². The Kier molecular flexibility index (Phi) is 5.39. The monoisotopic (exact) mass is 263 g/mol. The van der Waals surface area contributed by atoms with E-state index in [9.17, 15) is 13.2 Å². The van der Waals surface area contributed by atoms with E-state index in [1.165, 1.54) is 0 Å². The van der Waals surface area contributed by atoms with E-state index in [0.717, 1.165) is 12.8 Å². The molecule has 0 aromatic heterocycles. The Labute approximate surface area is 103 Å². The van der Waals surface area contributed by atoms with Crippen molar-refractivity contribution in [3.63, 3.8) is 0 Å². The average Bonchev–Trinajstić information content (AvgIpc) is 2.58. The fourth-order valence-electron chi connectivity index (χ4n) is 2.06. The standard InChI is InChI=1S/C11H21NO4S/c1-2-3-4-10(11(13)14)12-7-9-5-6-17(15,16)8-9/h9-10,12H,2-8H2,1H3,(H,13,14). The number of sulfone groups is 1. The Balaban J connectivity index is 2.34. The smallest absolute Gasteiger partial charge is 0.320 e. The van der Waals surface area contributed by atoms with E-state index in [4.69, 9.17) is 5.11 Å². The predicted octanol–water partition coefficient (Wildman–Crippen LogP) is 0.654. The Bertz CT molecular complexity index is 352. The van der Waals surface area contributed by atoms with E-state index < -0.39 is 21.8 Å².